The number of carboxylic acids is 1. The largest absolute Gasteiger partial charge is 0.481 e. The quantitative estimate of drug-likeness (QED) is 0.906. The summed E-state index contributed by atoms with van der Waals surface area (Å²) in [6.45, 7) is 3.97. The second kappa shape index (κ2) is 6.15. The highest BCUT2D eigenvalue weighted by Crippen LogP contribution is 2.33. The van der Waals surface area contributed by atoms with Crippen LogP contribution in [0.1, 0.15) is 44.6 Å². The Kier molecular flexibility index (Phi) is 4.53. The number of carbonyl (C=O) groups is 1. The topological polar surface area (TPSA) is 53.4 Å². The summed E-state index contributed by atoms with van der Waals surface area (Å²) in [5, 5.41) is 9.26. The number of rotatable bonds is 4. The van der Waals surface area contributed by atoms with E-state index in [0.29, 0.717) is 0 Å². The molecule has 0 radical (unpaired) electrons. The molecule has 0 aromatic carbocycles. The molecule has 1 saturated heterocycles. The molecular formula is C15H22N2O2. The third-order valence-corrected chi connectivity index (χ3v) is 4.08. The highest BCUT2D eigenvalue weighted by atomic mass is 16.4. The van der Waals surface area contributed by atoms with Crippen molar-refractivity contribution >= 4 is 5.97 Å². The summed E-state index contributed by atoms with van der Waals surface area (Å²) in [7, 11) is 0. The molecule has 0 spiro atoms. The minimum absolute atomic E-state index is 0.124. The molecule has 1 N–H and O–H groups in total. The number of carboxylic acid groups (broad SMARTS) is 1. The first kappa shape index (κ1) is 14.0. The monoisotopic (exact) mass is 262 g/mol. The summed E-state index contributed by atoms with van der Waals surface area (Å²) < 4.78 is 0. The smallest absolute Gasteiger partial charge is 0.305 e. The van der Waals surface area contributed by atoms with Gasteiger partial charge in [0.1, 0.15) is 0 Å². The van der Waals surface area contributed by atoms with Crippen molar-refractivity contribution in [1.29, 1.82) is 0 Å². The fourth-order valence-corrected chi connectivity index (χ4v) is 2.94. The van der Waals surface area contributed by atoms with E-state index in [-0.39, 0.29) is 6.42 Å². The zero-order chi connectivity index (χ0) is 13.7. The van der Waals surface area contributed by atoms with Gasteiger partial charge in [0.05, 0.1) is 12.0 Å². The standard InChI is InChI=1S/C15H22N2O2/c1-15(11-14(18)19,13-7-6-8-16-12-13)17-9-4-2-3-5-10-17/h6-8,12H,2-5,9-11H2,1H3,(H,18,19). The van der Waals surface area contributed by atoms with Gasteiger partial charge in [-0.15, -0.1) is 0 Å². The minimum atomic E-state index is -0.754. The number of aliphatic carboxylic acids is 1. The van der Waals surface area contributed by atoms with Gasteiger partial charge in [0.25, 0.3) is 0 Å². The summed E-state index contributed by atoms with van der Waals surface area (Å²) in [6, 6.07) is 3.87. The number of hydrogen-bond donors (Lipinski definition) is 1. The fourth-order valence-electron chi connectivity index (χ4n) is 2.94. The zero-order valence-corrected chi connectivity index (χ0v) is 11.5. The molecule has 0 bridgehead atoms. The predicted molar refractivity (Wildman–Crippen MR) is 73.9 cm³/mol. The van der Waals surface area contributed by atoms with E-state index < -0.39 is 11.5 Å². The highest BCUT2D eigenvalue weighted by molar-refractivity contribution is 5.68. The van der Waals surface area contributed by atoms with Gasteiger partial charge in [-0.25, -0.2) is 0 Å². The summed E-state index contributed by atoms with van der Waals surface area (Å²) in [5.74, 6) is -0.754. The van der Waals surface area contributed by atoms with Crippen LogP contribution < -0.4 is 0 Å². The van der Waals surface area contributed by atoms with Crippen molar-refractivity contribution in [2.45, 2.75) is 44.6 Å². The molecule has 4 heteroatoms. The maximum Gasteiger partial charge on any atom is 0.305 e. The molecule has 0 saturated carbocycles. The Labute approximate surface area is 114 Å². The van der Waals surface area contributed by atoms with Crippen molar-refractivity contribution in [3.8, 4) is 0 Å². The molecular weight excluding hydrogens is 240 g/mol. The van der Waals surface area contributed by atoms with Crippen LogP contribution in [-0.2, 0) is 10.3 Å². The molecule has 1 aliphatic heterocycles. The van der Waals surface area contributed by atoms with Crippen molar-refractivity contribution in [2.75, 3.05) is 13.1 Å². The number of aromatic nitrogens is 1. The Morgan fingerprint density at radius 2 is 2.05 bits per heavy atom. The summed E-state index contributed by atoms with van der Waals surface area (Å²) >= 11 is 0. The maximum atomic E-state index is 11.3. The number of pyridine rings is 1. The molecule has 2 heterocycles. The van der Waals surface area contributed by atoms with Crippen LogP contribution in [0.15, 0.2) is 24.5 Å². The maximum absolute atomic E-state index is 11.3. The Morgan fingerprint density at radius 1 is 1.37 bits per heavy atom. The molecule has 1 aromatic heterocycles. The van der Waals surface area contributed by atoms with Crippen molar-refractivity contribution in [3.05, 3.63) is 30.1 Å². The van der Waals surface area contributed by atoms with E-state index in [4.69, 9.17) is 0 Å². The minimum Gasteiger partial charge on any atom is -0.481 e. The van der Waals surface area contributed by atoms with Crippen LogP contribution >= 0.6 is 0 Å². The van der Waals surface area contributed by atoms with Crippen LogP contribution in [-0.4, -0.2) is 34.0 Å². The van der Waals surface area contributed by atoms with E-state index in [9.17, 15) is 9.90 Å². The predicted octanol–water partition coefficient (Wildman–Crippen LogP) is 2.65. The van der Waals surface area contributed by atoms with Gasteiger partial charge in [-0.1, -0.05) is 18.9 Å². The third-order valence-electron chi connectivity index (χ3n) is 4.08. The lowest BCUT2D eigenvalue weighted by Gasteiger charge is -2.40. The lowest BCUT2D eigenvalue weighted by atomic mass is 9.87. The lowest BCUT2D eigenvalue weighted by Crippen LogP contribution is -2.46. The molecule has 1 atom stereocenters. The van der Waals surface area contributed by atoms with E-state index in [1.807, 2.05) is 19.1 Å². The molecule has 1 fully saturated rings. The SMILES string of the molecule is CC(CC(=O)O)(c1cccnc1)N1CCCCCC1. The third kappa shape index (κ3) is 3.32. The average Bonchev–Trinajstić information content (AvgIpc) is 2.68. The zero-order valence-electron chi connectivity index (χ0n) is 11.5. The molecule has 4 nitrogen and oxygen atoms in total. The Balaban J connectivity index is 2.30. The molecule has 1 aliphatic rings. The van der Waals surface area contributed by atoms with Crippen LogP contribution in [0.3, 0.4) is 0 Å². The molecule has 104 valence electrons. The number of likely N-dealkylation sites (tertiary alicyclic amines) is 1. The van der Waals surface area contributed by atoms with Crippen molar-refractivity contribution < 1.29 is 9.90 Å². The second-order valence-corrected chi connectivity index (χ2v) is 5.49. The Bertz CT molecular complexity index is 413. The fraction of sp³-hybridized carbons (Fsp3) is 0.600. The molecule has 1 aromatic rings. The first-order valence-corrected chi connectivity index (χ1v) is 7.00. The van der Waals surface area contributed by atoms with Gasteiger partial charge >= 0.3 is 5.97 Å². The molecule has 2 rings (SSSR count). The highest BCUT2D eigenvalue weighted by Gasteiger charge is 2.36. The molecule has 0 aliphatic carbocycles. The van der Waals surface area contributed by atoms with Crippen molar-refractivity contribution in [3.63, 3.8) is 0 Å². The van der Waals surface area contributed by atoms with E-state index in [2.05, 4.69) is 9.88 Å². The van der Waals surface area contributed by atoms with Gasteiger partial charge in [0.2, 0.25) is 0 Å². The van der Waals surface area contributed by atoms with E-state index in [0.717, 1.165) is 31.5 Å². The van der Waals surface area contributed by atoms with E-state index in [1.54, 1.807) is 12.4 Å². The van der Waals surface area contributed by atoms with Gasteiger partial charge in [-0.2, -0.15) is 0 Å². The van der Waals surface area contributed by atoms with Gasteiger partial charge in [0, 0.05) is 12.4 Å². The number of nitrogens with zero attached hydrogens (tertiary/aromatic N) is 2. The molecule has 1 unspecified atom stereocenters. The molecule has 0 amide bonds. The lowest BCUT2D eigenvalue weighted by molar-refractivity contribution is -0.140. The average molecular weight is 262 g/mol. The van der Waals surface area contributed by atoms with Crippen molar-refractivity contribution in [2.24, 2.45) is 0 Å². The van der Waals surface area contributed by atoms with Crippen LogP contribution in [0, 0.1) is 0 Å². The Morgan fingerprint density at radius 3 is 2.58 bits per heavy atom. The Hall–Kier alpha value is -1.42. The van der Waals surface area contributed by atoms with Gasteiger partial charge < -0.3 is 5.11 Å². The van der Waals surface area contributed by atoms with E-state index >= 15 is 0 Å². The van der Waals surface area contributed by atoms with Crippen LogP contribution in [0.2, 0.25) is 0 Å². The first-order chi connectivity index (χ1) is 9.13. The molecule has 19 heavy (non-hydrogen) atoms. The van der Waals surface area contributed by atoms with Gasteiger partial charge in [-0.3, -0.25) is 14.7 Å². The summed E-state index contributed by atoms with van der Waals surface area (Å²) in [6.07, 6.45) is 8.43. The summed E-state index contributed by atoms with van der Waals surface area (Å²) in [5.41, 5.74) is 0.545. The van der Waals surface area contributed by atoms with Crippen LogP contribution in [0.25, 0.3) is 0 Å². The van der Waals surface area contributed by atoms with E-state index in [1.165, 1.54) is 12.8 Å². The van der Waals surface area contributed by atoms with Gasteiger partial charge in [-0.05, 0) is 44.5 Å². The summed E-state index contributed by atoms with van der Waals surface area (Å²) in [4.78, 5) is 17.8. The number of hydrogen-bond acceptors (Lipinski definition) is 3. The van der Waals surface area contributed by atoms with Gasteiger partial charge in [0.15, 0.2) is 0 Å². The van der Waals surface area contributed by atoms with Crippen LogP contribution in [0.4, 0.5) is 0 Å². The normalized spacial score (nSPS) is 20.5. The van der Waals surface area contributed by atoms with Crippen LogP contribution in [0.5, 0.6) is 0 Å². The first-order valence-electron chi connectivity index (χ1n) is 7.00. The second-order valence-electron chi connectivity index (χ2n) is 5.49. The van der Waals surface area contributed by atoms with Crippen molar-refractivity contribution in [1.82, 2.24) is 9.88 Å².